The molecule has 2 rings (SSSR count). The lowest BCUT2D eigenvalue weighted by atomic mass is 10.3. The van der Waals surface area contributed by atoms with Crippen molar-refractivity contribution in [2.75, 3.05) is 31.2 Å². The minimum atomic E-state index is -3.38. The van der Waals surface area contributed by atoms with Gasteiger partial charge in [0.1, 0.15) is 0 Å². The van der Waals surface area contributed by atoms with Crippen molar-refractivity contribution >= 4 is 44.6 Å². The molecule has 2 aromatic carbocycles. The number of likely N-dealkylation sites (N-methyl/N-ethyl adjacent to an activating group) is 1. The second-order valence-electron chi connectivity index (χ2n) is 5.51. The summed E-state index contributed by atoms with van der Waals surface area (Å²) >= 11 is 12.0. The SMILES string of the molecule is CN(CCS(=O)(=O)c1ccccc1)CC(=O)Nc1c(Cl)cccc1Cl. The monoisotopic (exact) mass is 400 g/mol. The van der Waals surface area contributed by atoms with E-state index in [0.29, 0.717) is 15.7 Å². The Hall–Kier alpha value is -1.60. The number of carbonyl (C=O) groups is 1. The van der Waals surface area contributed by atoms with E-state index in [1.807, 2.05) is 0 Å². The van der Waals surface area contributed by atoms with Crippen molar-refractivity contribution in [3.8, 4) is 0 Å². The number of hydrogen-bond acceptors (Lipinski definition) is 4. The molecular formula is C17H18Cl2N2O3S. The molecule has 0 radical (unpaired) electrons. The molecule has 0 saturated heterocycles. The van der Waals surface area contributed by atoms with Crippen molar-refractivity contribution in [2.24, 2.45) is 0 Å². The van der Waals surface area contributed by atoms with E-state index in [2.05, 4.69) is 5.32 Å². The zero-order chi connectivity index (χ0) is 18.4. The van der Waals surface area contributed by atoms with E-state index in [9.17, 15) is 13.2 Å². The van der Waals surface area contributed by atoms with Crippen LogP contribution >= 0.6 is 23.2 Å². The number of halogens is 2. The Morgan fingerprint density at radius 1 is 1.04 bits per heavy atom. The number of hydrogen-bond donors (Lipinski definition) is 1. The van der Waals surface area contributed by atoms with Gasteiger partial charge in [0, 0.05) is 6.54 Å². The average Bonchev–Trinajstić information content (AvgIpc) is 2.57. The van der Waals surface area contributed by atoms with Gasteiger partial charge in [0.15, 0.2) is 9.84 Å². The Bertz CT molecular complexity index is 822. The molecule has 0 bridgehead atoms. The summed E-state index contributed by atoms with van der Waals surface area (Å²) < 4.78 is 24.5. The van der Waals surface area contributed by atoms with Crippen molar-refractivity contribution in [3.63, 3.8) is 0 Å². The molecule has 2 aromatic rings. The van der Waals surface area contributed by atoms with E-state index in [1.54, 1.807) is 60.5 Å². The summed E-state index contributed by atoms with van der Waals surface area (Å²) in [5, 5.41) is 3.33. The Balaban J connectivity index is 1.90. The number of carbonyl (C=O) groups excluding carboxylic acids is 1. The molecular weight excluding hydrogens is 383 g/mol. The van der Waals surface area contributed by atoms with E-state index in [4.69, 9.17) is 23.2 Å². The van der Waals surface area contributed by atoms with Crippen LogP contribution in [0.25, 0.3) is 0 Å². The van der Waals surface area contributed by atoms with Crippen LogP contribution in [-0.2, 0) is 14.6 Å². The minimum absolute atomic E-state index is 0.0197. The number of amides is 1. The minimum Gasteiger partial charge on any atom is -0.322 e. The summed E-state index contributed by atoms with van der Waals surface area (Å²) in [6, 6.07) is 13.2. The van der Waals surface area contributed by atoms with Crippen LogP contribution in [0.3, 0.4) is 0 Å². The van der Waals surface area contributed by atoms with Gasteiger partial charge >= 0.3 is 0 Å². The van der Waals surface area contributed by atoms with Crippen LogP contribution in [0.1, 0.15) is 0 Å². The average molecular weight is 401 g/mol. The van der Waals surface area contributed by atoms with Crippen LogP contribution in [0.5, 0.6) is 0 Å². The fourth-order valence-electron chi connectivity index (χ4n) is 2.14. The van der Waals surface area contributed by atoms with Crippen LogP contribution in [-0.4, -0.2) is 45.1 Å². The summed E-state index contributed by atoms with van der Waals surface area (Å²) in [6.07, 6.45) is 0. The highest BCUT2D eigenvalue weighted by Crippen LogP contribution is 2.29. The predicted octanol–water partition coefficient (Wildman–Crippen LogP) is 3.34. The molecule has 134 valence electrons. The number of para-hydroxylation sites is 1. The maximum Gasteiger partial charge on any atom is 0.238 e. The zero-order valence-corrected chi connectivity index (χ0v) is 15.9. The molecule has 0 spiro atoms. The van der Waals surface area contributed by atoms with E-state index in [-0.39, 0.29) is 29.6 Å². The second-order valence-corrected chi connectivity index (χ2v) is 8.44. The molecule has 0 atom stereocenters. The standard InChI is InChI=1S/C17H18Cl2N2O3S/c1-21(10-11-25(23,24)13-6-3-2-4-7-13)12-16(22)20-17-14(18)8-5-9-15(17)19/h2-9H,10-12H2,1H3,(H,20,22). The van der Waals surface area contributed by atoms with Crippen LogP contribution in [0.4, 0.5) is 5.69 Å². The van der Waals surface area contributed by atoms with Crippen LogP contribution in [0, 0.1) is 0 Å². The Morgan fingerprint density at radius 3 is 2.24 bits per heavy atom. The van der Waals surface area contributed by atoms with Crippen molar-refractivity contribution < 1.29 is 13.2 Å². The highest BCUT2D eigenvalue weighted by atomic mass is 35.5. The molecule has 0 saturated carbocycles. The maximum absolute atomic E-state index is 12.2. The largest absolute Gasteiger partial charge is 0.322 e. The normalized spacial score (nSPS) is 11.5. The zero-order valence-electron chi connectivity index (χ0n) is 13.6. The lowest BCUT2D eigenvalue weighted by molar-refractivity contribution is -0.117. The number of rotatable bonds is 7. The first kappa shape index (κ1) is 19.7. The molecule has 8 heteroatoms. The fraction of sp³-hybridized carbons (Fsp3) is 0.235. The molecule has 0 fully saturated rings. The molecule has 1 N–H and O–H groups in total. The summed E-state index contributed by atoms with van der Waals surface area (Å²) in [4.78, 5) is 14.0. The number of nitrogens with one attached hydrogen (secondary N) is 1. The van der Waals surface area contributed by atoms with Gasteiger partial charge in [0.05, 0.1) is 32.9 Å². The summed E-state index contributed by atoms with van der Waals surface area (Å²) in [6.45, 7) is 0.243. The third-order valence-electron chi connectivity index (χ3n) is 3.48. The first-order valence-electron chi connectivity index (χ1n) is 7.50. The summed E-state index contributed by atoms with van der Waals surface area (Å²) in [7, 11) is -1.70. The Morgan fingerprint density at radius 2 is 1.64 bits per heavy atom. The number of benzene rings is 2. The van der Waals surface area contributed by atoms with Gasteiger partial charge in [-0.2, -0.15) is 0 Å². The molecule has 0 aromatic heterocycles. The highest BCUT2D eigenvalue weighted by molar-refractivity contribution is 7.91. The lowest BCUT2D eigenvalue weighted by Crippen LogP contribution is -2.33. The van der Waals surface area contributed by atoms with Gasteiger partial charge in [-0.3, -0.25) is 9.69 Å². The van der Waals surface area contributed by atoms with Gasteiger partial charge in [0.2, 0.25) is 5.91 Å². The Kier molecular flexibility index (Phi) is 6.84. The topological polar surface area (TPSA) is 66.5 Å². The maximum atomic E-state index is 12.2. The van der Waals surface area contributed by atoms with Gasteiger partial charge in [-0.05, 0) is 31.3 Å². The van der Waals surface area contributed by atoms with E-state index in [0.717, 1.165) is 0 Å². The van der Waals surface area contributed by atoms with Gasteiger partial charge in [-0.25, -0.2) is 8.42 Å². The molecule has 0 aliphatic rings. The van der Waals surface area contributed by atoms with Crippen LogP contribution in [0.15, 0.2) is 53.4 Å². The van der Waals surface area contributed by atoms with Crippen LogP contribution < -0.4 is 5.32 Å². The number of sulfone groups is 1. The third-order valence-corrected chi connectivity index (χ3v) is 5.83. The molecule has 0 aliphatic carbocycles. The van der Waals surface area contributed by atoms with Crippen molar-refractivity contribution in [3.05, 3.63) is 58.6 Å². The molecule has 0 aliphatic heterocycles. The Labute approximate surface area is 157 Å². The molecule has 25 heavy (non-hydrogen) atoms. The second kappa shape index (κ2) is 8.67. The highest BCUT2D eigenvalue weighted by Gasteiger charge is 2.16. The molecule has 0 unspecified atom stereocenters. The summed E-state index contributed by atoms with van der Waals surface area (Å²) in [5.74, 6) is -0.400. The van der Waals surface area contributed by atoms with Gasteiger partial charge in [0.25, 0.3) is 0 Å². The first-order chi connectivity index (χ1) is 11.8. The van der Waals surface area contributed by atoms with Gasteiger partial charge in [-0.1, -0.05) is 47.5 Å². The van der Waals surface area contributed by atoms with Crippen molar-refractivity contribution in [1.29, 1.82) is 0 Å². The summed E-state index contributed by atoms with van der Waals surface area (Å²) in [5.41, 5.74) is 0.348. The first-order valence-corrected chi connectivity index (χ1v) is 9.90. The number of nitrogens with zero attached hydrogens (tertiary/aromatic N) is 1. The molecule has 5 nitrogen and oxygen atoms in total. The van der Waals surface area contributed by atoms with Gasteiger partial charge < -0.3 is 5.32 Å². The van der Waals surface area contributed by atoms with Crippen molar-refractivity contribution in [2.45, 2.75) is 4.90 Å². The third kappa shape index (κ3) is 5.71. The smallest absolute Gasteiger partial charge is 0.238 e. The van der Waals surface area contributed by atoms with Crippen molar-refractivity contribution in [1.82, 2.24) is 4.90 Å². The molecule has 1 amide bonds. The van der Waals surface area contributed by atoms with E-state index >= 15 is 0 Å². The van der Waals surface area contributed by atoms with Gasteiger partial charge in [-0.15, -0.1) is 0 Å². The molecule has 0 heterocycles. The fourth-order valence-corrected chi connectivity index (χ4v) is 3.99. The quantitative estimate of drug-likeness (QED) is 0.773. The predicted molar refractivity (Wildman–Crippen MR) is 101 cm³/mol. The van der Waals surface area contributed by atoms with E-state index < -0.39 is 9.84 Å². The van der Waals surface area contributed by atoms with Crippen LogP contribution in [0.2, 0.25) is 10.0 Å². The lowest BCUT2D eigenvalue weighted by Gasteiger charge is -2.17. The van der Waals surface area contributed by atoms with E-state index in [1.165, 1.54) is 0 Å². The number of anilines is 1.